The van der Waals surface area contributed by atoms with E-state index in [2.05, 4.69) is 50.3 Å². The van der Waals surface area contributed by atoms with Crippen LogP contribution in [0.25, 0.3) is 0 Å². The molecule has 0 bridgehead atoms. The van der Waals surface area contributed by atoms with E-state index < -0.39 is 99.3 Å². The van der Waals surface area contributed by atoms with Crippen LogP contribution in [0.15, 0.2) is 72.9 Å². The second kappa shape index (κ2) is 45.0. The van der Waals surface area contributed by atoms with Crippen LogP contribution < -0.4 is 0 Å². The standard InChI is InChI=1S/C59H100O15/c1-3-5-7-9-11-13-15-17-19-20-21-22-23-24-25-26-28-29-31-33-35-37-39-41-50(61)69-44-47(72-51(62)42-40-38-36-34-32-30-27-18-16-14-12-10-8-6-4-2)45-70-58-57(68)55(66)53(64)49(74-58)46-71-59-56(67)54(65)52(63)48(43-60)73-59/h6,8,10,12,14,16,18,26-28,33,35,47-49,52-60,63-68H,3-5,7,9,11,13,15,17,19-25,29-32,34,36-46H2,1-2H3/b8-6+,12-10+,16-14+,27-18+,28-26+,35-33+/t47-,48+,49+,52-,53-,54?,55?,56?,57?,58+,59+/m0/s1. The number of hydrogen-bond acceptors (Lipinski definition) is 15. The molecular formula is C59H100O15. The third-order valence-corrected chi connectivity index (χ3v) is 13.2. The predicted molar refractivity (Wildman–Crippen MR) is 289 cm³/mol. The van der Waals surface area contributed by atoms with Crippen LogP contribution in [0.3, 0.4) is 0 Å². The van der Waals surface area contributed by atoms with Crippen molar-refractivity contribution in [3.8, 4) is 0 Å². The van der Waals surface area contributed by atoms with E-state index in [1.54, 1.807) is 0 Å². The van der Waals surface area contributed by atoms with Gasteiger partial charge >= 0.3 is 11.9 Å². The number of aliphatic hydroxyl groups is 7. The molecule has 7 N–H and O–H groups in total. The minimum atomic E-state index is -1.78. The first-order valence-corrected chi connectivity index (χ1v) is 28.6. The number of ether oxygens (including phenoxy) is 6. The maximum atomic E-state index is 13.0. The number of allylic oxidation sites excluding steroid dienone is 12. The molecule has 0 aromatic carbocycles. The van der Waals surface area contributed by atoms with Gasteiger partial charge in [0.05, 0.1) is 19.8 Å². The quantitative estimate of drug-likeness (QED) is 0.0130. The molecule has 0 amide bonds. The molecule has 0 spiro atoms. The minimum Gasteiger partial charge on any atom is -0.462 e. The van der Waals surface area contributed by atoms with Crippen LogP contribution in [-0.2, 0) is 38.0 Å². The molecule has 2 rings (SSSR count). The lowest BCUT2D eigenvalue weighted by atomic mass is 9.98. The molecule has 2 aliphatic heterocycles. The van der Waals surface area contributed by atoms with E-state index in [0.29, 0.717) is 19.3 Å². The molecule has 4 unspecified atom stereocenters. The summed E-state index contributed by atoms with van der Waals surface area (Å²) in [6, 6.07) is 0. The van der Waals surface area contributed by atoms with Gasteiger partial charge in [-0.1, -0.05) is 189 Å². The maximum Gasteiger partial charge on any atom is 0.306 e. The summed E-state index contributed by atoms with van der Waals surface area (Å²) < 4.78 is 33.6. The van der Waals surface area contributed by atoms with Crippen LogP contribution in [0.4, 0.5) is 0 Å². The Labute approximate surface area is 444 Å². The van der Waals surface area contributed by atoms with Crippen molar-refractivity contribution in [1.29, 1.82) is 0 Å². The summed E-state index contributed by atoms with van der Waals surface area (Å²) >= 11 is 0. The fourth-order valence-electron chi connectivity index (χ4n) is 8.60. The van der Waals surface area contributed by atoms with Crippen molar-refractivity contribution in [2.45, 2.75) is 261 Å². The Morgan fingerprint density at radius 2 is 0.892 bits per heavy atom. The zero-order chi connectivity index (χ0) is 53.9. The summed E-state index contributed by atoms with van der Waals surface area (Å²) in [5.74, 6) is -1.00. The Morgan fingerprint density at radius 3 is 1.46 bits per heavy atom. The molecule has 15 heteroatoms. The lowest BCUT2D eigenvalue weighted by Gasteiger charge is -2.42. The van der Waals surface area contributed by atoms with Crippen molar-refractivity contribution in [3.05, 3.63) is 72.9 Å². The topological polar surface area (TPSA) is 231 Å². The van der Waals surface area contributed by atoms with E-state index in [-0.39, 0.29) is 19.4 Å². The van der Waals surface area contributed by atoms with Crippen LogP contribution in [0, 0.1) is 0 Å². The Kier molecular flexibility index (Phi) is 40.8. The summed E-state index contributed by atoms with van der Waals surface area (Å²) in [7, 11) is 0. The highest BCUT2D eigenvalue weighted by Gasteiger charge is 2.47. The molecule has 0 saturated carbocycles. The number of unbranched alkanes of at least 4 members (excludes halogenated alkanes) is 21. The van der Waals surface area contributed by atoms with Crippen molar-refractivity contribution in [2.24, 2.45) is 0 Å². The third-order valence-electron chi connectivity index (χ3n) is 13.2. The summed E-state index contributed by atoms with van der Waals surface area (Å²) in [5, 5.41) is 72.2. The van der Waals surface area contributed by atoms with E-state index in [0.717, 1.165) is 57.8 Å². The first kappa shape index (κ1) is 67.1. The smallest absolute Gasteiger partial charge is 0.306 e. The summed E-state index contributed by atoms with van der Waals surface area (Å²) in [5.41, 5.74) is 0. The average Bonchev–Trinajstić information content (AvgIpc) is 3.39. The van der Waals surface area contributed by atoms with Gasteiger partial charge in [0.2, 0.25) is 0 Å². The monoisotopic (exact) mass is 1050 g/mol. The Bertz CT molecular complexity index is 1560. The molecule has 15 nitrogen and oxygen atoms in total. The lowest BCUT2D eigenvalue weighted by molar-refractivity contribution is -0.332. The van der Waals surface area contributed by atoms with Gasteiger partial charge in [0.15, 0.2) is 18.7 Å². The summed E-state index contributed by atoms with van der Waals surface area (Å²) in [6.45, 7) is 2.40. The van der Waals surface area contributed by atoms with E-state index in [1.807, 2.05) is 36.5 Å². The molecule has 2 aliphatic rings. The molecule has 426 valence electrons. The number of aliphatic hydroxyl groups excluding tert-OH is 7. The summed E-state index contributed by atoms with van der Waals surface area (Å²) in [4.78, 5) is 25.8. The van der Waals surface area contributed by atoms with Crippen molar-refractivity contribution in [3.63, 3.8) is 0 Å². The van der Waals surface area contributed by atoms with Crippen molar-refractivity contribution in [1.82, 2.24) is 0 Å². The third kappa shape index (κ3) is 31.9. The van der Waals surface area contributed by atoms with Gasteiger partial charge in [0.1, 0.15) is 55.4 Å². The Hall–Kier alpha value is -3.06. The van der Waals surface area contributed by atoms with Gasteiger partial charge < -0.3 is 64.2 Å². The lowest BCUT2D eigenvalue weighted by Crippen LogP contribution is -2.61. The van der Waals surface area contributed by atoms with Crippen LogP contribution in [0.1, 0.15) is 194 Å². The SMILES string of the molecule is CC/C=C/C=C/C=C/C=C/CCCCCCCC(=O)O[C@@H](COC(=O)CCC/C=C/CC/C=C/CCCCCCCCCCCCCCCC)CO[C@@H]1O[C@H](CO[C@@H]2O[C@H](CO)[C@H](O)C(O)C2O)[C@H](O)C(O)C1O. The van der Waals surface area contributed by atoms with Crippen molar-refractivity contribution >= 4 is 11.9 Å². The van der Waals surface area contributed by atoms with Crippen LogP contribution in [-0.4, -0.2) is 142 Å². The highest BCUT2D eigenvalue weighted by molar-refractivity contribution is 5.70. The van der Waals surface area contributed by atoms with Gasteiger partial charge in [-0.05, 0) is 64.2 Å². The van der Waals surface area contributed by atoms with Crippen molar-refractivity contribution < 1.29 is 73.8 Å². The number of rotatable bonds is 44. The highest BCUT2D eigenvalue weighted by Crippen LogP contribution is 2.26. The molecule has 2 heterocycles. The molecule has 0 aromatic heterocycles. The fourth-order valence-corrected chi connectivity index (χ4v) is 8.60. The van der Waals surface area contributed by atoms with E-state index in [1.165, 1.54) is 89.9 Å². The zero-order valence-corrected chi connectivity index (χ0v) is 45.3. The Morgan fingerprint density at radius 1 is 0.446 bits per heavy atom. The van der Waals surface area contributed by atoms with Gasteiger partial charge in [-0.3, -0.25) is 9.59 Å². The zero-order valence-electron chi connectivity index (χ0n) is 45.3. The molecular weight excluding hydrogens is 949 g/mol. The first-order chi connectivity index (χ1) is 36.0. The first-order valence-electron chi connectivity index (χ1n) is 28.6. The van der Waals surface area contributed by atoms with Crippen LogP contribution >= 0.6 is 0 Å². The molecule has 11 atom stereocenters. The molecule has 0 radical (unpaired) electrons. The second-order valence-electron chi connectivity index (χ2n) is 19.8. The molecule has 2 fully saturated rings. The number of carbonyl (C=O) groups is 2. The molecule has 0 aliphatic carbocycles. The molecule has 0 aromatic rings. The fraction of sp³-hybridized carbons (Fsp3) is 0.763. The Balaban J connectivity index is 1.77. The minimum absolute atomic E-state index is 0.128. The van der Waals surface area contributed by atoms with Gasteiger partial charge in [0.25, 0.3) is 0 Å². The van der Waals surface area contributed by atoms with Gasteiger partial charge in [0, 0.05) is 12.8 Å². The van der Waals surface area contributed by atoms with Gasteiger partial charge in [-0.25, -0.2) is 0 Å². The van der Waals surface area contributed by atoms with Crippen molar-refractivity contribution in [2.75, 3.05) is 26.4 Å². The van der Waals surface area contributed by atoms with E-state index in [4.69, 9.17) is 28.4 Å². The molecule has 2 saturated heterocycles. The van der Waals surface area contributed by atoms with Gasteiger partial charge in [-0.15, -0.1) is 0 Å². The van der Waals surface area contributed by atoms with E-state index in [9.17, 15) is 45.3 Å². The average molecular weight is 1050 g/mol. The second-order valence-corrected chi connectivity index (χ2v) is 19.8. The predicted octanol–water partition coefficient (Wildman–Crippen LogP) is 9.38. The molecule has 74 heavy (non-hydrogen) atoms. The normalized spacial score (nSPS) is 25.2. The largest absolute Gasteiger partial charge is 0.462 e. The highest BCUT2D eigenvalue weighted by atomic mass is 16.7. The summed E-state index contributed by atoms with van der Waals surface area (Å²) in [6.07, 6.45) is 38.0. The number of carbonyl (C=O) groups excluding carboxylic acids is 2. The van der Waals surface area contributed by atoms with Crippen LogP contribution in [0.5, 0.6) is 0 Å². The van der Waals surface area contributed by atoms with E-state index >= 15 is 0 Å². The van der Waals surface area contributed by atoms with Gasteiger partial charge in [-0.2, -0.15) is 0 Å². The number of hydrogen-bond donors (Lipinski definition) is 7. The number of esters is 2. The van der Waals surface area contributed by atoms with Crippen LogP contribution in [0.2, 0.25) is 0 Å². The maximum absolute atomic E-state index is 13.0.